The lowest BCUT2D eigenvalue weighted by molar-refractivity contribution is 0.102. The number of anilines is 1. The topological polar surface area (TPSA) is 29.1 Å². The maximum atomic E-state index is 12.2. The predicted octanol–water partition coefficient (Wildman–Crippen LogP) is 4.81. The first-order chi connectivity index (χ1) is 8.95. The van der Waals surface area contributed by atoms with Crippen LogP contribution in [0, 0.1) is 17.4 Å². The zero-order valence-corrected chi connectivity index (χ0v) is 13.5. The molecule has 0 atom stereocenters. The molecule has 2 aromatic carbocycles. The van der Waals surface area contributed by atoms with Crippen LogP contribution < -0.4 is 5.32 Å². The van der Waals surface area contributed by atoms with Gasteiger partial charge >= 0.3 is 0 Å². The van der Waals surface area contributed by atoms with Gasteiger partial charge in [-0.2, -0.15) is 0 Å². The Balaban J connectivity index is 2.25. The van der Waals surface area contributed by atoms with E-state index in [0.29, 0.717) is 10.6 Å². The molecule has 0 radical (unpaired) electrons. The Kier molecular flexibility index (Phi) is 4.47. The maximum Gasteiger partial charge on any atom is 0.256 e. The summed E-state index contributed by atoms with van der Waals surface area (Å²) in [5.74, 6) is -0.119. The van der Waals surface area contributed by atoms with Gasteiger partial charge < -0.3 is 5.32 Å². The lowest BCUT2D eigenvalue weighted by Gasteiger charge is -2.09. The fraction of sp³-hybridized carbons (Fsp3) is 0.133. The van der Waals surface area contributed by atoms with Crippen molar-refractivity contribution in [2.75, 3.05) is 5.32 Å². The molecule has 0 saturated heterocycles. The van der Waals surface area contributed by atoms with Gasteiger partial charge in [-0.25, -0.2) is 0 Å². The van der Waals surface area contributed by atoms with Crippen LogP contribution in [0.4, 0.5) is 5.69 Å². The molecule has 0 aromatic heterocycles. The molecule has 0 aliphatic rings. The van der Waals surface area contributed by atoms with E-state index in [-0.39, 0.29) is 5.91 Å². The Morgan fingerprint density at radius 2 is 1.74 bits per heavy atom. The number of amides is 1. The molecule has 4 heteroatoms. The van der Waals surface area contributed by atoms with E-state index in [4.69, 9.17) is 11.6 Å². The zero-order chi connectivity index (χ0) is 14.0. The van der Waals surface area contributed by atoms with Crippen molar-refractivity contribution in [1.82, 2.24) is 0 Å². The van der Waals surface area contributed by atoms with E-state index in [2.05, 4.69) is 34.0 Å². The minimum atomic E-state index is -0.119. The molecule has 0 aliphatic heterocycles. The number of aryl methyl sites for hydroxylation is 2. The highest BCUT2D eigenvalue weighted by atomic mass is 127. The predicted molar refractivity (Wildman–Crippen MR) is 88.0 cm³/mol. The third-order valence-corrected chi connectivity index (χ3v) is 3.78. The monoisotopic (exact) mass is 385 g/mol. The van der Waals surface area contributed by atoms with Crippen molar-refractivity contribution in [3.8, 4) is 0 Å². The van der Waals surface area contributed by atoms with Gasteiger partial charge in [0.25, 0.3) is 5.91 Å². The smallest absolute Gasteiger partial charge is 0.256 e. The highest BCUT2D eigenvalue weighted by Gasteiger charge is 2.10. The van der Waals surface area contributed by atoms with Crippen LogP contribution in [0.3, 0.4) is 0 Å². The van der Waals surface area contributed by atoms with Gasteiger partial charge in [-0.05, 0) is 77.9 Å². The maximum absolute atomic E-state index is 12.2. The molecular weight excluding hydrogens is 373 g/mol. The number of hydrogen-bond donors (Lipinski definition) is 1. The van der Waals surface area contributed by atoms with E-state index in [1.165, 1.54) is 0 Å². The number of benzene rings is 2. The van der Waals surface area contributed by atoms with Gasteiger partial charge in [-0.3, -0.25) is 4.79 Å². The van der Waals surface area contributed by atoms with Crippen molar-refractivity contribution in [3.05, 3.63) is 61.7 Å². The Hall–Kier alpha value is -1.07. The van der Waals surface area contributed by atoms with Crippen LogP contribution in [0.25, 0.3) is 0 Å². The first-order valence-corrected chi connectivity index (χ1v) is 7.26. The van der Waals surface area contributed by atoms with Gasteiger partial charge in [0.05, 0.1) is 5.56 Å². The van der Waals surface area contributed by atoms with E-state index in [1.807, 2.05) is 26.0 Å². The van der Waals surface area contributed by atoms with Crippen LogP contribution in [0.5, 0.6) is 0 Å². The van der Waals surface area contributed by atoms with Crippen LogP contribution in [-0.4, -0.2) is 5.91 Å². The summed E-state index contributed by atoms with van der Waals surface area (Å²) < 4.78 is 0.840. The fourth-order valence-electron chi connectivity index (χ4n) is 1.92. The lowest BCUT2D eigenvalue weighted by Crippen LogP contribution is -2.13. The first-order valence-electron chi connectivity index (χ1n) is 5.80. The van der Waals surface area contributed by atoms with E-state index in [1.54, 1.807) is 18.2 Å². The normalized spacial score (nSPS) is 10.3. The number of carbonyl (C=O) groups excluding carboxylic acids is 1. The lowest BCUT2D eigenvalue weighted by atomic mass is 10.1. The average Bonchev–Trinajstić information content (AvgIpc) is 2.26. The Morgan fingerprint density at radius 1 is 1.11 bits per heavy atom. The van der Waals surface area contributed by atoms with Crippen LogP contribution in [0.15, 0.2) is 36.4 Å². The van der Waals surface area contributed by atoms with Crippen molar-refractivity contribution in [2.45, 2.75) is 13.8 Å². The number of hydrogen-bond acceptors (Lipinski definition) is 1. The summed E-state index contributed by atoms with van der Waals surface area (Å²) in [4.78, 5) is 12.2. The molecule has 1 amide bonds. The summed E-state index contributed by atoms with van der Waals surface area (Å²) in [7, 11) is 0. The fourth-order valence-corrected chi connectivity index (χ4v) is 3.04. The van der Waals surface area contributed by atoms with Crippen LogP contribution >= 0.6 is 34.2 Å². The molecule has 2 nitrogen and oxygen atoms in total. The minimum absolute atomic E-state index is 0.119. The van der Waals surface area contributed by atoms with Gasteiger partial charge in [0, 0.05) is 14.3 Å². The quantitative estimate of drug-likeness (QED) is 0.738. The number of rotatable bonds is 2. The summed E-state index contributed by atoms with van der Waals surface area (Å²) in [6.45, 7) is 4.02. The first kappa shape index (κ1) is 14.3. The number of carbonyl (C=O) groups is 1. The van der Waals surface area contributed by atoms with E-state index < -0.39 is 0 Å². The molecule has 0 heterocycles. The molecule has 2 aromatic rings. The summed E-state index contributed by atoms with van der Waals surface area (Å²) in [6.07, 6.45) is 0. The van der Waals surface area contributed by atoms with Crippen LogP contribution in [0.2, 0.25) is 5.02 Å². The molecule has 0 saturated carbocycles. The van der Waals surface area contributed by atoms with Gasteiger partial charge in [-0.15, -0.1) is 0 Å². The molecule has 0 unspecified atom stereocenters. The van der Waals surface area contributed by atoms with E-state index in [9.17, 15) is 4.79 Å². The van der Waals surface area contributed by atoms with Crippen molar-refractivity contribution in [1.29, 1.82) is 0 Å². The van der Waals surface area contributed by atoms with Gasteiger partial charge in [0.2, 0.25) is 0 Å². The number of halogens is 2. The highest BCUT2D eigenvalue weighted by molar-refractivity contribution is 14.1. The third-order valence-electron chi connectivity index (χ3n) is 2.66. The molecule has 0 fully saturated rings. The Labute approximate surface area is 131 Å². The summed E-state index contributed by atoms with van der Waals surface area (Å²) in [5, 5.41) is 3.55. The largest absolute Gasteiger partial charge is 0.322 e. The van der Waals surface area contributed by atoms with E-state index >= 15 is 0 Å². The summed E-state index contributed by atoms with van der Waals surface area (Å²) >= 11 is 8.00. The number of nitrogens with one attached hydrogen (secondary N) is 1. The second kappa shape index (κ2) is 5.92. The molecule has 0 spiro atoms. The van der Waals surface area contributed by atoms with Gasteiger partial charge in [-0.1, -0.05) is 17.7 Å². The van der Waals surface area contributed by atoms with Crippen molar-refractivity contribution in [2.24, 2.45) is 0 Å². The summed E-state index contributed by atoms with van der Waals surface area (Å²) in [6, 6.07) is 11.2. The minimum Gasteiger partial charge on any atom is -0.322 e. The second-order valence-electron chi connectivity index (χ2n) is 4.45. The molecular formula is C15H13ClINO. The van der Waals surface area contributed by atoms with Crippen molar-refractivity contribution in [3.63, 3.8) is 0 Å². The zero-order valence-electron chi connectivity index (χ0n) is 10.6. The molecule has 1 N–H and O–H groups in total. The van der Waals surface area contributed by atoms with Crippen molar-refractivity contribution >= 4 is 45.8 Å². The molecule has 0 bridgehead atoms. The summed E-state index contributed by atoms with van der Waals surface area (Å²) in [5.41, 5.74) is 3.69. The molecule has 2 rings (SSSR count). The average molecular weight is 386 g/mol. The molecule has 0 aliphatic carbocycles. The Morgan fingerprint density at radius 3 is 2.32 bits per heavy atom. The van der Waals surface area contributed by atoms with Crippen LogP contribution in [0.1, 0.15) is 21.5 Å². The van der Waals surface area contributed by atoms with Crippen LogP contribution in [-0.2, 0) is 0 Å². The van der Waals surface area contributed by atoms with Crippen molar-refractivity contribution < 1.29 is 4.79 Å². The second-order valence-corrected chi connectivity index (χ2v) is 6.05. The van der Waals surface area contributed by atoms with E-state index in [0.717, 1.165) is 20.4 Å². The Bertz CT molecular complexity index is 620. The third kappa shape index (κ3) is 3.70. The van der Waals surface area contributed by atoms with Gasteiger partial charge in [0.15, 0.2) is 0 Å². The standard InChI is InChI=1S/C15H13ClINO/c1-9-5-10(2)7-12(6-9)18-15(19)13-4-3-11(16)8-14(13)17/h3-8H,1-2H3,(H,18,19). The molecule has 98 valence electrons. The SMILES string of the molecule is Cc1cc(C)cc(NC(=O)c2ccc(Cl)cc2I)c1. The highest BCUT2D eigenvalue weighted by Crippen LogP contribution is 2.20. The molecule has 19 heavy (non-hydrogen) atoms. The van der Waals surface area contributed by atoms with Gasteiger partial charge in [0.1, 0.15) is 0 Å².